The molecular weight excluding hydrogens is 652 g/mol. The van der Waals surface area contributed by atoms with Gasteiger partial charge in [0.25, 0.3) is 0 Å². The van der Waals surface area contributed by atoms with E-state index < -0.39 is 0 Å². The number of phenols is 2. The third-order valence-corrected chi connectivity index (χ3v) is 8.91. The van der Waals surface area contributed by atoms with Gasteiger partial charge in [-0.1, -0.05) is 129 Å². The predicted molar refractivity (Wildman–Crippen MR) is 213 cm³/mol. The molecule has 7 nitrogen and oxygen atoms in total. The molecule has 2 fully saturated rings. The Kier molecular flexibility index (Phi) is 19.5. The van der Waals surface area contributed by atoms with Crippen LogP contribution < -0.4 is 4.74 Å². The molecule has 0 aliphatic carbocycles. The highest BCUT2D eigenvalue weighted by Crippen LogP contribution is 2.32. The van der Waals surface area contributed by atoms with Gasteiger partial charge in [0, 0.05) is 18.4 Å². The van der Waals surface area contributed by atoms with Gasteiger partial charge in [0.1, 0.15) is 30.0 Å². The Bertz CT molecular complexity index is 1480. The van der Waals surface area contributed by atoms with E-state index in [0.29, 0.717) is 36.7 Å². The monoisotopic (exact) mass is 716 g/mol. The number of rotatable bonds is 11. The van der Waals surface area contributed by atoms with Gasteiger partial charge in [-0.05, 0) is 70.5 Å². The van der Waals surface area contributed by atoms with Crippen molar-refractivity contribution in [1.82, 2.24) is 0 Å². The van der Waals surface area contributed by atoms with Gasteiger partial charge >= 0.3 is 0 Å². The van der Waals surface area contributed by atoms with Crippen molar-refractivity contribution in [3.8, 4) is 17.2 Å². The van der Waals surface area contributed by atoms with Crippen LogP contribution in [0.25, 0.3) is 0 Å². The summed E-state index contributed by atoms with van der Waals surface area (Å²) in [6, 6.07) is 33.3. The van der Waals surface area contributed by atoms with Crippen molar-refractivity contribution in [1.29, 1.82) is 0 Å². The summed E-state index contributed by atoms with van der Waals surface area (Å²) in [5.41, 5.74) is 4.86. The molecule has 4 aromatic rings. The third-order valence-electron chi connectivity index (χ3n) is 8.91. The minimum Gasteiger partial charge on any atom is -0.508 e. The molecule has 52 heavy (non-hydrogen) atoms. The quantitative estimate of drug-likeness (QED) is 0.133. The number of aliphatic hydroxyl groups is 1. The number of aromatic hydroxyl groups is 2. The first-order valence-electron chi connectivity index (χ1n) is 18.6. The van der Waals surface area contributed by atoms with Gasteiger partial charge in [0.05, 0.1) is 32.0 Å². The van der Waals surface area contributed by atoms with Gasteiger partial charge in [-0.2, -0.15) is 0 Å². The van der Waals surface area contributed by atoms with E-state index in [9.17, 15) is 10.2 Å². The summed E-state index contributed by atoms with van der Waals surface area (Å²) in [6.45, 7) is 21.7. The standard InChI is InChI=1S/C17H18O3.C15H16O.C6H14O2.C5H10O.C2H6/c1-12(13-2-6-15(18)7-3-13)14-4-8-16(9-5-14)19-10-17-11-20-17;1-15(2,12-6-4-3-5-7-12)13-8-10-14(16)11-9-13;1-5(2)6(7)4-8-3;1-4(2)5-3-6-5;1-2/h2-9,12,17-18H,10-11H2,1H3;3-11,16H,1-2H3;5-7H,4H2,1-3H3;4-5H,3H2,1-2H3;1-2H3. The van der Waals surface area contributed by atoms with Gasteiger partial charge in [-0.15, -0.1) is 0 Å². The normalized spacial score (nSPS) is 16.6. The maximum atomic E-state index is 9.33. The second-order valence-electron chi connectivity index (χ2n) is 14.1. The number of hydrogen-bond donors (Lipinski definition) is 3. The minimum absolute atomic E-state index is 0.0328. The molecule has 0 spiro atoms. The highest BCUT2D eigenvalue weighted by Gasteiger charge is 2.25. The number of ether oxygens (including phenoxy) is 4. The smallest absolute Gasteiger partial charge is 0.119 e. The lowest BCUT2D eigenvalue weighted by atomic mass is 9.78. The molecule has 3 N–H and O–H groups in total. The van der Waals surface area contributed by atoms with Crippen molar-refractivity contribution < 1.29 is 34.3 Å². The maximum Gasteiger partial charge on any atom is 0.119 e. The Morgan fingerprint density at radius 1 is 0.692 bits per heavy atom. The van der Waals surface area contributed by atoms with Crippen molar-refractivity contribution >= 4 is 0 Å². The van der Waals surface area contributed by atoms with Crippen LogP contribution in [0.1, 0.15) is 90.5 Å². The molecule has 7 heteroatoms. The number of epoxide rings is 2. The van der Waals surface area contributed by atoms with Crippen LogP contribution in [0.15, 0.2) is 103 Å². The highest BCUT2D eigenvalue weighted by atomic mass is 16.6. The van der Waals surface area contributed by atoms with E-state index in [1.165, 1.54) is 22.3 Å². The fraction of sp³-hybridized carbons (Fsp3) is 0.467. The Labute approximate surface area is 313 Å². The van der Waals surface area contributed by atoms with Gasteiger partial charge < -0.3 is 34.3 Å². The van der Waals surface area contributed by atoms with Crippen molar-refractivity contribution in [3.63, 3.8) is 0 Å². The second-order valence-corrected chi connectivity index (χ2v) is 14.1. The molecule has 0 bridgehead atoms. The highest BCUT2D eigenvalue weighted by molar-refractivity contribution is 5.40. The maximum absolute atomic E-state index is 9.33. The van der Waals surface area contributed by atoms with Gasteiger partial charge in [0.2, 0.25) is 0 Å². The molecule has 0 radical (unpaired) electrons. The van der Waals surface area contributed by atoms with Gasteiger partial charge in [-0.3, -0.25) is 0 Å². The lowest BCUT2D eigenvalue weighted by molar-refractivity contribution is 0.0356. The van der Waals surface area contributed by atoms with Crippen molar-refractivity contribution in [2.45, 2.75) is 92.0 Å². The molecule has 2 aliphatic rings. The molecule has 2 heterocycles. The van der Waals surface area contributed by atoms with E-state index in [1.807, 2.05) is 70.2 Å². The van der Waals surface area contributed by atoms with E-state index in [-0.39, 0.29) is 23.5 Å². The molecule has 4 atom stereocenters. The number of phenolic OH excluding ortho intramolecular Hbond substituents is 2. The fourth-order valence-corrected chi connectivity index (χ4v) is 4.86. The summed E-state index contributed by atoms with van der Waals surface area (Å²) < 4.78 is 20.4. The van der Waals surface area contributed by atoms with E-state index in [2.05, 4.69) is 71.0 Å². The van der Waals surface area contributed by atoms with Crippen LogP contribution in [0, 0.1) is 11.8 Å². The topological polar surface area (TPSA) is 104 Å². The molecule has 0 saturated carbocycles. The molecule has 4 aromatic carbocycles. The van der Waals surface area contributed by atoms with E-state index >= 15 is 0 Å². The van der Waals surface area contributed by atoms with Gasteiger partial charge in [0.15, 0.2) is 0 Å². The van der Waals surface area contributed by atoms with Crippen molar-refractivity contribution in [2.75, 3.05) is 33.5 Å². The van der Waals surface area contributed by atoms with Crippen LogP contribution in [0.3, 0.4) is 0 Å². The Morgan fingerprint density at radius 2 is 1.15 bits per heavy atom. The molecule has 0 aromatic heterocycles. The SMILES string of the molecule is CC.CC(C)(c1ccccc1)c1ccc(O)cc1.CC(C)C1CO1.CC(c1ccc(O)cc1)c1ccc(OCC2CO2)cc1.COCC(O)C(C)C. The van der Waals surface area contributed by atoms with Crippen LogP contribution >= 0.6 is 0 Å². The average molecular weight is 717 g/mol. The average Bonchev–Trinajstić information content (AvgIpc) is 4.09. The zero-order valence-corrected chi connectivity index (χ0v) is 33.1. The molecule has 6 rings (SSSR count). The lowest BCUT2D eigenvalue weighted by Gasteiger charge is -2.26. The molecule has 4 unspecified atom stereocenters. The van der Waals surface area contributed by atoms with E-state index in [1.54, 1.807) is 31.4 Å². The third kappa shape index (κ3) is 16.2. The fourth-order valence-electron chi connectivity index (χ4n) is 4.86. The van der Waals surface area contributed by atoms with Crippen LogP contribution in [-0.4, -0.2) is 67.2 Å². The number of aliphatic hydroxyl groups excluding tert-OH is 1. The first-order valence-corrected chi connectivity index (χ1v) is 18.6. The lowest BCUT2D eigenvalue weighted by Crippen LogP contribution is -2.20. The molecule has 286 valence electrons. The largest absolute Gasteiger partial charge is 0.508 e. The first kappa shape index (κ1) is 44.3. The molecule has 2 aliphatic heterocycles. The van der Waals surface area contributed by atoms with E-state index in [0.717, 1.165) is 24.9 Å². The first-order chi connectivity index (χ1) is 24.8. The minimum atomic E-state index is -0.306. The second kappa shape index (κ2) is 22.9. The summed E-state index contributed by atoms with van der Waals surface area (Å²) in [4.78, 5) is 0. The zero-order chi connectivity index (χ0) is 38.7. The van der Waals surface area contributed by atoms with Crippen molar-refractivity contribution in [2.24, 2.45) is 11.8 Å². The number of hydrogen-bond acceptors (Lipinski definition) is 7. The van der Waals surface area contributed by atoms with Crippen LogP contribution in [0.5, 0.6) is 17.2 Å². The summed E-state index contributed by atoms with van der Waals surface area (Å²) in [6.07, 6.45) is 0.579. The summed E-state index contributed by atoms with van der Waals surface area (Å²) >= 11 is 0. The van der Waals surface area contributed by atoms with Crippen LogP contribution in [0.4, 0.5) is 0 Å². The Hall–Kier alpha value is -3.88. The van der Waals surface area contributed by atoms with Crippen molar-refractivity contribution in [3.05, 3.63) is 125 Å². The molecule has 2 saturated heterocycles. The summed E-state index contributed by atoms with van der Waals surface area (Å²) in [7, 11) is 1.59. The summed E-state index contributed by atoms with van der Waals surface area (Å²) in [5, 5.41) is 27.6. The number of benzene rings is 4. The van der Waals surface area contributed by atoms with E-state index in [4.69, 9.17) is 24.1 Å². The van der Waals surface area contributed by atoms with Crippen LogP contribution in [-0.2, 0) is 19.6 Å². The molecule has 0 amide bonds. The summed E-state index contributed by atoms with van der Waals surface area (Å²) in [5.74, 6) is 2.82. The Balaban J connectivity index is 0.000000260. The molecular formula is C45H64O7. The van der Waals surface area contributed by atoms with Gasteiger partial charge in [-0.25, -0.2) is 0 Å². The Morgan fingerprint density at radius 3 is 1.54 bits per heavy atom. The predicted octanol–water partition coefficient (Wildman–Crippen LogP) is 9.76. The van der Waals surface area contributed by atoms with Crippen LogP contribution in [0.2, 0.25) is 0 Å². The zero-order valence-electron chi connectivity index (χ0n) is 33.1. The number of methoxy groups -OCH3 is 1.